The zero-order valence-corrected chi connectivity index (χ0v) is 17.4. The minimum atomic E-state index is -0.611. The second-order valence-electron chi connectivity index (χ2n) is 7.72. The van der Waals surface area contributed by atoms with Crippen molar-refractivity contribution in [2.45, 2.75) is 70.9 Å². The lowest BCUT2D eigenvalue weighted by Crippen LogP contribution is -2.49. The van der Waals surface area contributed by atoms with Gasteiger partial charge in [-0.15, -0.1) is 5.06 Å². The van der Waals surface area contributed by atoms with Crippen LogP contribution in [0.15, 0.2) is 12.3 Å². The topological polar surface area (TPSA) is 108 Å². The van der Waals surface area contributed by atoms with Crippen LogP contribution < -0.4 is 10.6 Å². The fourth-order valence-corrected chi connectivity index (χ4v) is 3.61. The molecule has 2 unspecified atom stereocenters. The number of nitrogens with one attached hydrogen (secondary N) is 2. The molecule has 2 heterocycles. The lowest BCUT2D eigenvalue weighted by Gasteiger charge is -2.38. The molecule has 9 nitrogen and oxygen atoms in total. The van der Waals surface area contributed by atoms with Gasteiger partial charge < -0.3 is 15.5 Å². The molecule has 0 bridgehead atoms. The number of piperidine rings is 1. The van der Waals surface area contributed by atoms with E-state index in [2.05, 4.69) is 36.0 Å². The Labute approximate surface area is 171 Å². The molecule has 0 radical (unpaired) electrons. The Bertz CT molecular complexity index is 625. The van der Waals surface area contributed by atoms with Crippen molar-refractivity contribution in [3.63, 3.8) is 0 Å². The normalized spacial score (nSPS) is 22.5. The smallest absolute Gasteiger partial charge is 0.334 e. The summed E-state index contributed by atoms with van der Waals surface area (Å²) in [7, 11) is 0. The lowest BCUT2D eigenvalue weighted by molar-refractivity contribution is -0.186. The van der Waals surface area contributed by atoms with Crippen LogP contribution in [0.2, 0.25) is 0 Å². The molecule has 29 heavy (non-hydrogen) atoms. The molecule has 2 atom stereocenters. The maximum Gasteiger partial charge on any atom is 0.334 e. The number of amides is 3. The third-order valence-electron chi connectivity index (χ3n) is 5.36. The Morgan fingerprint density at radius 3 is 2.28 bits per heavy atom. The molecule has 2 aliphatic rings. The van der Waals surface area contributed by atoms with Gasteiger partial charge in [0.15, 0.2) is 0 Å². The van der Waals surface area contributed by atoms with Crippen molar-refractivity contribution < 1.29 is 24.0 Å². The number of hydrogen-bond donors (Lipinski definition) is 2. The van der Waals surface area contributed by atoms with E-state index in [1.807, 2.05) is 0 Å². The van der Waals surface area contributed by atoms with Gasteiger partial charge in [0.05, 0.1) is 18.7 Å². The van der Waals surface area contributed by atoms with Crippen molar-refractivity contribution in [2.75, 3.05) is 19.6 Å². The van der Waals surface area contributed by atoms with Gasteiger partial charge in [-0.3, -0.25) is 19.3 Å². The number of likely N-dealkylation sites (tertiary alicyclic amines) is 1. The molecule has 0 aromatic rings. The number of hydrogen-bond acceptors (Lipinski definition) is 6. The molecular formula is C20H32N4O5. The first kappa shape index (κ1) is 22.9. The summed E-state index contributed by atoms with van der Waals surface area (Å²) in [6.45, 7) is 8.62. The summed E-state index contributed by atoms with van der Waals surface area (Å²) in [4.78, 5) is 54.4. The molecule has 0 aromatic heterocycles. The van der Waals surface area contributed by atoms with Gasteiger partial charge in [-0.2, -0.15) is 0 Å². The molecule has 2 saturated heterocycles. The van der Waals surface area contributed by atoms with E-state index in [0.717, 1.165) is 17.9 Å². The molecule has 2 rings (SSSR count). The van der Waals surface area contributed by atoms with Crippen LogP contribution in [-0.4, -0.2) is 65.4 Å². The molecule has 0 aromatic carbocycles. The maximum atomic E-state index is 12.1. The maximum absolute atomic E-state index is 12.1. The summed E-state index contributed by atoms with van der Waals surface area (Å²) >= 11 is 0. The predicted molar refractivity (Wildman–Crippen MR) is 106 cm³/mol. The van der Waals surface area contributed by atoms with Gasteiger partial charge in [-0.25, -0.2) is 4.79 Å². The Morgan fingerprint density at radius 2 is 1.66 bits per heavy atom. The Morgan fingerprint density at radius 1 is 1.03 bits per heavy atom. The van der Waals surface area contributed by atoms with E-state index in [1.165, 1.54) is 6.42 Å². The SMILES string of the molecule is C=C1CCC(=O)N1OC(=O)CC[15NH][13C](=O)CCN[13C](=O)CN1C(C)CCCC1C. The van der Waals surface area contributed by atoms with Crippen LogP contribution in [-0.2, 0) is 24.0 Å². The first-order valence-electron chi connectivity index (χ1n) is 10.3. The number of allylic oxidation sites excluding steroid dienone is 1. The summed E-state index contributed by atoms with van der Waals surface area (Å²) in [6, 6.07) is 0.779. The zero-order valence-electron chi connectivity index (χ0n) is 17.4. The van der Waals surface area contributed by atoms with E-state index >= 15 is 0 Å². The van der Waals surface area contributed by atoms with E-state index in [-0.39, 0.29) is 50.1 Å². The Hall–Kier alpha value is -2.42. The highest BCUT2D eigenvalue weighted by molar-refractivity contribution is 5.82. The van der Waals surface area contributed by atoms with Crippen LogP contribution in [0.25, 0.3) is 0 Å². The van der Waals surface area contributed by atoms with Crippen LogP contribution in [0.3, 0.4) is 0 Å². The molecule has 2 N–H and O–H groups in total. The van der Waals surface area contributed by atoms with E-state index in [4.69, 9.17) is 4.84 Å². The lowest BCUT2D eigenvalue weighted by atomic mass is 9.98. The van der Waals surface area contributed by atoms with Gasteiger partial charge in [-0.05, 0) is 33.1 Å². The number of carbonyl (C=O) groups is 4. The molecule has 9 heteroatoms. The van der Waals surface area contributed by atoms with Crippen molar-refractivity contribution in [2.24, 2.45) is 0 Å². The highest BCUT2D eigenvalue weighted by Gasteiger charge is 2.28. The Balaban J connectivity index is 1.56. The molecule has 162 valence electrons. The van der Waals surface area contributed by atoms with Crippen LogP contribution in [0.1, 0.15) is 58.8 Å². The quantitative estimate of drug-likeness (QED) is 0.430. The zero-order chi connectivity index (χ0) is 21.4. The minimum Gasteiger partial charge on any atom is -0.355 e. The first-order chi connectivity index (χ1) is 13.8. The van der Waals surface area contributed by atoms with Gasteiger partial charge in [0.25, 0.3) is 5.91 Å². The first-order valence-corrected chi connectivity index (χ1v) is 10.3. The van der Waals surface area contributed by atoms with Gasteiger partial charge in [0.1, 0.15) is 0 Å². The van der Waals surface area contributed by atoms with E-state index in [0.29, 0.717) is 30.7 Å². The van der Waals surface area contributed by atoms with Crippen LogP contribution in [0.5, 0.6) is 0 Å². The number of nitrogens with zero attached hydrogens (tertiary/aromatic N) is 2. The minimum absolute atomic E-state index is 0.0557. The fourth-order valence-electron chi connectivity index (χ4n) is 3.61. The van der Waals surface area contributed by atoms with Crippen molar-refractivity contribution in [1.82, 2.24) is 20.6 Å². The van der Waals surface area contributed by atoms with Gasteiger partial charge in [0, 0.05) is 38.0 Å². The van der Waals surface area contributed by atoms with Crippen molar-refractivity contribution in [3.05, 3.63) is 12.3 Å². The van der Waals surface area contributed by atoms with Crippen molar-refractivity contribution >= 4 is 23.7 Å². The summed E-state index contributed by atoms with van der Waals surface area (Å²) in [5, 5.41) is 6.30. The fraction of sp³-hybridized carbons (Fsp3) is 0.700. The van der Waals surface area contributed by atoms with Crippen LogP contribution in [0, 0.1) is 0 Å². The highest BCUT2D eigenvalue weighted by atomic mass is 16.7. The predicted octanol–water partition coefficient (Wildman–Crippen LogP) is 0.856. The largest absolute Gasteiger partial charge is 0.355 e. The number of carbonyl (C=O) groups excluding carboxylic acids is 4. The summed E-state index contributed by atoms with van der Waals surface area (Å²) in [5.74, 6) is -1.26. The third-order valence-corrected chi connectivity index (χ3v) is 5.36. The highest BCUT2D eigenvalue weighted by Crippen LogP contribution is 2.22. The Kier molecular flexibility index (Phi) is 8.63. The molecule has 0 aliphatic carbocycles. The molecular weight excluding hydrogens is 379 g/mol. The summed E-state index contributed by atoms with van der Waals surface area (Å²) in [6.07, 6.45) is 4.23. The van der Waals surface area contributed by atoms with Crippen LogP contribution in [0.4, 0.5) is 0 Å². The van der Waals surface area contributed by atoms with E-state index in [9.17, 15) is 19.2 Å². The molecule has 2 aliphatic heterocycles. The van der Waals surface area contributed by atoms with E-state index in [1.54, 1.807) is 0 Å². The van der Waals surface area contributed by atoms with Gasteiger partial charge >= 0.3 is 5.97 Å². The second-order valence-corrected chi connectivity index (χ2v) is 7.72. The number of hydroxylamine groups is 2. The van der Waals surface area contributed by atoms with Gasteiger partial charge in [0.2, 0.25) is 11.8 Å². The van der Waals surface area contributed by atoms with Crippen molar-refractivity contribution in [3.8, 4) is 0 Å². The third kappa shape index (κ3) is 7.16. The summed E-state index contributed by atoms with van der Waals surface area (Å²) < 4.78 is 0. The average molecular weight is 411 g/mol. The molecule has 0 saturated carbocycles. The van der Waals surface area contributed by atoms with E-state index < -0.39 is 5.97 Å². The van der Waals surface area contributed by atoms with Crippen LogP contribution >= 0.6 is 0 Å². The monoisotopic (exact) mass is 411 g/mol. The standard InChI is InChI=1S/C20H32N4O5/c1-14-5-4-6-15(2)23(14)13-18(26)22-11-9-17(25)21-12-10-20(28)29-24-16(3)7-8-19(24)27/h14-15H,3-13H2,1-2H3,(H,21,25)(H,22,26)/i17+1,18+1,21+1. The average Bonchev–Trinajstić information content (AvgIpc) is 2.97. The van der Waals surface area contributed by atoms with Crippen molar-refractivity contribution in [1.29, 1.82) is 0 Å². The number of rotatable bonds is 9. The molecule has 2 fully saturated rings. The second kappa shape index (κ2) is 10.9. The summed E-state index contributed by atoms with van der Waals surface area (Å²) in [5.41, 5.74) is 0.455. The molecule has 3 amide bonds. The molecule has 0 spiro atoms. The van der Waals surface area contributed by atoms with Gasteiger partial charge in [-0.1, -0.05) is 13.0 Å².